The van der Waals surface area contributed by atoms with Crippen LogP contribution in [0.2, 0.25) is 0 Å². The Morgan fingerprint density at radius 3 is 2.36 bits per heavy atom. The molecule has 0 amide bonds. The van der Waals surface area contributed by atoms with Crippen molar-refractivity contribution in [2.45, 2.75) is 45.6 Å². The van der Waals surface area contributed by atoms with Crippen molar-refractivity contribution in [2.24, 2.45) is 0 Å². The Morgan fingerprint density at radius 2 is 1.91 bits per heavy atom. The van der Waals surface area contributed by atoms with Gasteiger partial charge in [-0.3, -0.25) is 0 Å². The topological polar surface area (TPSA) is 33.0 Å². The molecule has 0 aliphatic heterocycles. The van der Waals surface area contributed by atoms with Gasteiger partial charge in [-0.05, 0) is 33.6 Å². The van der Waals surface area contributed by atoms with Crippen LogP contribution < -0.4 is 0 Å². The van der Waals surface area contributed by atoms with E-state index in [1.54, 1.807) is 0 Å². The van der Waals surface area contributed by atoms with Gasteiger partial charge in [-0.25, -0.2) is 0 Å². The van der Waals surface area contributed by atoms with Crippen LogP contribution in [-0.4, -0.2) is 12.2 Å². The van der Waals surface area contributed by atoms with Gasteiger partial charge in [0, 0.05) is 13.0 Å². The van der Waals surface area contributed by atoms with Crippen molar-refractivity contribution in [3.05, 3.63) is 0 Å². The van der Waals surface area contributed by atoms with Gasteiger partial charge in [-0.1, -0.05) is 0 Å². The molecule has 0 heterocycles. The molecule has 0 aliphatic carbocycles. The summed E-state index contributed by atoms with van der Waals surface area (Å²) < 4.78 is 5.47. The molecule has 0 rings (SSSR count). The fourth-order valence-corrected chi connectivity index (χ4v) is 0.684. The third kappa shape index (κ3) is 9.45. The molecule has 0 N–H and O–H groups in total. The van der Waals surface area contributed by atoms with E-state index in [1.165, 1.54) is 0 Å². The van der Waals surface area contributed by atoms with E-state index in [0.29, 0.717) is 6.42 Å². The quantitative estimate of drug-likeness (QED) is 0.584. The Labute approximate surface area is 69.2 Å². The molecule has 0 unspecified atom stereocenters. The van der Waals surface area contributed by atoms with Crippen LogP contribution >= 0.6 is 0 Å². The lowest BCUT2D eigenvalue weighted by molar-refractivity contribution is -0.00443. The summed E-state index contributed by atoms with van der Waals surface area (Å²) in [5, 5.41) is 8.23. The van der Waals surface area contributed by atoms with Crippen LogP contribution in [0.5, 0.6) is 0 Å². The summed E-state index contributed by atoms with van der Waals surface area (Å²) in [6, 6.07) is 2.11. The highest BCUT2D eigenvalue weighted by atomic mass is 16.5. The average Bonchev–Trinajstić information content (AvgIpc) is 1.85. The first-order valence-corrected chi connectivity index (χ1v) is 4.07. The number of ether oxygens (including phenoxy) is 1. The van der Waals surface area contributed by atoms with Crippen LogP contribution in [0.4, 0.5) is 0 Å². The minimum atomic E-state index is -0.0351. The Morgan fingerprint density at radius 1 is 1.27 bits per heavy atom. The summed E-state index contributed by atoms with van der Waals surface area (Å²) in [5.41, 5.74) is -0.0351. The van der Waals surface area contributed by atoms with Gasteiger partial charge in [0.1, 0.15) is 0 Å². The van der Waals surface area contributed by atoms with Crippen LogP contribution in [-0.2, 0) is 4.74 Å². The Kier molecular flexibility index (Phi) is 4.89. The summed E-state index contributed by atoms with van der Waals surface area (Å²) >= 11 is 0. The SMILES string of the molecule is CC(C)(C)OCCCCC#N. The van der Waals surface area contributed by atoms with Gasteiger partial charge in [-0.15, -0.1) is 0 Å². The molecule has 0 aliphatic rings. The van der Waals surface area contributed by atoms with Gasteiger partial charge in [0.15, 0.2) is 0 Å². The summed E-state index contributed by atoms with van der Waals surface area (Å²) in [5.74, 6) is 0. The zero-order valence-corrected chi connectivity index (χ0v) is 7.68. The van der Waals surface area contributed by atoms with E-state index < -0.39 is 0 Å². The molecule has 11 heavy (non-hydrogen) atoms. The van der Waals surface area contributed by atoms with Crippen molar-refractivity contribution >= 4 is 0 Å². The molecule has 0 radical (unpaired) electrons. The van der Waals surface area contributed by atoms with Crippen LogP contribution in [0.15, 0.2) is 0 Å². The van der Waals surface area contributed by atoms with Gasteiger partial charge < -0.3 is 4.74 Å². The van der Waals surface area contributed by atoms with Crippen molar-refractivity contribution in [3.63, 3.8) is 0 Å². The van der Waals surface area contributed by atoms with E-state index in [9.17, 15) is 0 Å². The van der Waals surface area contributed by atoms with Crippen LogP contribution in [0.1, 0.15) is 40.0 Å². The first-order valence-electron chi connectivity index (χ1n) is 4.07. The Bertz CT molecular complexity index is 129. The van der Waals surface area contributed by atoms with E-state index in [-0.39, 0.29) is 5.60 Å². The molecule has 2 nitrogen and oxygen atoms in total. The molecule has 0 atom stereocenters. The highest BCUT2D eigenvalue weighted by Gasteiger charge is 2.08. The second kappa shape index (κ2) is 5.15. The van der Waals surface area contributed by atoms with Crippen molar-refractivity contribution in [2.75, 3.05) is 6.61 Å². The molecule has 0 aromatic carbocycles. The normalized spacial score (nSPS) is 11.1. The van der Waals surface area contributed by atoms with Gasteiger partial charge >= 0.3 is 0 Å². The smallest absolute Gasteiger partial charge is 0.0621 e. The third-order valence-corrected chi connectivity index (χ3v) is 1.22. The fraction of sp³-hybridized carbons (Fsp3) is 0.889. The minimum absolute atomic E-state index is 0.0351. The molecule has 0 saturated heterocycles. The average molecular weight is 155 g/mol. The first kappa shape index (κ1) is 10.4. The predicted octanol–water partition coefficient (Wildman–Crippen LogP) is 2.50. The maximum Gasteiger partial charge on any atom is 0.0621 e. The van der Waals surface area contributed by atoms with Crippen molar-refractivity contribution in [1.29, 1.82) is 5.26 Å². The molecular weight excluding hydrogens is 138 g/mol. The summed E-state index contributed by atoms with van der Waals surface area (Å²) in [7, 11) is 0. The first-order chi connectivity index (χ1) is 5.06. The highest BCUT2D eigenvalue weighted by molar-refractivity contribution is 4.68. The second-order valence-electron chi connectivity index (χ2n) is 3.58. The molecule has 0 aromatic heterocycles. The standard InChI is InChI=1S/C9H17NO/c1-9(2,3)11-8-6-4-5-7-10/h4-6,8H2,1-3H3. The maximum absolute atomic E-state index is 8.23. The van der Waals surface area contributed by atoms with E-state index in [1.807, 2.05) is 20.8 Å². The molecule has 0 bridgehead atoms. The molecule has 0 saturated carbocycles. The Balaban J connectivity index is 3.10. The molecule has 2 heteroatoms. The predicted molar refractivity (Wildman–Crippen MR) is 45.2 cm³/mol. The maximum atomic E-state index is 8.23. The monoisotopic (exact) mass is 155 g/mol. The van der Waals surface area contributed by atoms with E-state index in [2.05, 4.69) is 6.07 Å². The summed E-state index contributed by atoms with van der Waals surface area (Å²) in [6.45, 7) is 6.89. The lowest BCUT2D eigenvalue weighted by atomic mass is 10.2. The summed E-state index contributed by atoms with van der Waals surface area (Å²) in [4.78, 5) is 0. The summed E-state index contributed by atoms with van der Waals surface area (Å²) in [6.07, 6.45) is 2.59. The largest absolute Gasteiger partial charge is 0.376 e. The second-order valence-corrected chi connectivity index (χ2v) is 3.58. The lowest BCUT2D eigenvalue weighted by Gasteiger charge is -2.18. The number of unbranched alkanes of at least 4 members (excludes halogenated alkanes) is 2. The van der Waals surface area contributed by atoms with E-state index >= 15 is 0 Å². The number of hydrogen-bond acceptors (Lipinski definition) is 2. The van der Waals surface area contributed by atoms with Crippen molar-refractivity contribution in [1.82, 2.24) is 0 Å². The van der Waals surface area contributed by atoms with Gasteiger partial charge in [-0.2, -0.15) is 5.26 Å². The number of rotatable bonds is 4. The third-order valence-electron chi connectivity index (χ3n) is 1.22. The van der Waals surface area contributed by atoms with Crippen molar-refractivity contribution in [3.8, 4) is 6.07 Å². The molecule has 0 spiro atoms. The van der Waals surface area contributed by atoms with Gasteiger partial charge in [0.05, 0.1) is 11.7 Å². The van der Waals surface area contributed by atoms with Crippen molar-refractivity contribution < 1.29 is 4.74 Å². The molecular formula is C9H17NO. The zero-order valence-electron chi connectivity index (χ0n) is 7.68. The van der Waals surface area contributed by atoms with Crippen LogP contribution in [0.25, 0.3) is 0 Å². The lowest BCUT2D eigenvalue weighted by Crippen LogP contribution is -2.19. The highest BCUT2D eigenvalue weighted by Crippen LogP contribution is 2.07. The van der Waals surface area contributed by atoms with Crippen LogP contribution in [0.3, 0.4) is 0 Å². The number of hydrogen-bond donors (Lipinski definition) is 0. The van der Waals surface area contributed by atoms with Gasteiger partial charge in [0.25, 0.3) is 0 Å². The minimum Gasteiger partial charge on any atom is -0.376 e. The van der Waals surface area contributed by atoms with E-state index in [4.69, 9.17) is 10.00 Å². The molecule has 0 fully saturated rings. The number of nitrogens with zero attached hydrogens (tertiary/aromatic N) is 1. The zero-order chi connectivity index (χ0) is 8.74. The van der Waals surface area contributed by atoms with Gasteiger partial charge in [0.2, 0.25) is 0 Å². The van der Waals surface area contributed by atoms with Crippen LogP contribution in [0, 0.1) is 11.3 Å². The Hall–Kier alpha value is -0.550. The number of nitriles is 1. The fourth-order valence-electron chi connectivity index (χ4n) is 0.684. The van der Waals surface area contributed by atoms with E-state index in [0.717, 1.165) is 19.4 Å². The molecule has 0 aromatic rings. The molecule has 64 valence electrons.